The highest BCUT2D eigenvalue weighted by Gasteiger charge is 2.47. The zero-order valence-electron chi connectivity index (χ0n) is 15.9. The van der Waals surface area contributed by atoms with E-state index in [0.29, 0.717) is 0 Å². The van der Waals surface area contributed by atoms with Crippen LogP contribution in [0.3, 0.4) is 0 Å². The molecule has 2 bridgehead atoms. The summed E-state index contributed by atoms with van der Waals surface area (Å²) in [6, 6.07) is 25.5. The fraction of sp³-hybridized carbons (Fsp3) is 0.160. The van der Waals surface area contributed by atoms with Crippen LogP contribution >= 0.6 is 0 Å². The summed E-state index contributed by atoms with van der Waals surface area (Å²) in [6.07, 6.45) is -0.121. The fourth-order valence-corrected chi connectivity index (χ4v) is 4.75. The van der Waals surface area contributed by atoms with Crippen molar-refractivity contribution in [3.63, 3.8) is 0 Å². The van der Waals surface area contributed by atoms with Crippen LogP contribution in [0.25, 0.3) is 17.1 Å². The molecule has 28 heavy (non-hydrogen) atoms. The highest BCUT2D eigenvalue weighted by atomic mass is 16.5. The van der Waals surface area contributed by atoms with Gasteiger partial charge in [0.25, 0.3) is 0 Å². The minimum atomic E-state index is -0.0655. The number of benzene rings is 3. The maximum Gasteiger partial charge on any atom is 0.145 e. The quantitative estimate of drug-likeness (QED) is 0.458. The Balaban J connectivity index is 1.69. The van der Waals surface area contributed by atoms with E-state index < -0.39 is 0 Å². The van der Waals surface area contributed by atoms with Crippen LogP contribution in [0.4, 0.5) is 0 Å². The molecule has 2 aliphatic heterocycles. The summed E-state index contributed by atoms with van der Waals surface area (Å²) < 4.78 is 8.75. The Labute approximate surface area is 164 Å². The van der Waals surface area contributed by atoms with Gasteiger partial charge in [-0.1, -0.05) is 72.8 Å². The fourth-order valence-electron chi connectivity index (χ4n) is 4.75. The smallest absolute Gasteiger partial charge is 0.145 e. The first kappa shape index (κ1) is 15.8. The Kier molecular flexibility index (Phi) is 3.21. The summed E-state index contributed by atoms with van der Waals surface area (Å²) in [7, 11) is 0. The van der Waals surface area contributed by atoms with E-state index in [1.165, 1.54) is 33.6 Å². The van der Waals surface area contributed by atoms with Gasteiger partial charge in [-0.25, -0.2) is 4.98 Å². The van der Waals surface area contributed by atoms with Gasteiger partial charge in [0.05, 0.1) is 17.1 Å². The molecule has 3 heterocycles. The van der Waals surface area contributed by atoms with Crippen LogP contribution in [-0.4, -0.2) is 9.55 Å². The van der Waals surface area contributed by atoms with Gasteiger partial charge in [0, 0.05) is 5.56 Å². The van der Waals surface area contributed by atoms with E-state index in [4.69, 9.17) is 9.72 Å². The molecule has 0 saturated carbocycles. The van der Waals surface area contributed by atoms with Gasteiger partial charge in [0.15, 0.2) is 0 Å². The molecular weight excluding hydrogens is 344 g/mol. The number of imidazole rings is 1. The van der Waals surface area contributed by atoms with Crippen LogP contribution in [0, 0.1) is 13.8 Å². The van der Waals surface area contributed by atoms with Crippen LogP contribution in [-0.2, 0) is 4.74 Å². The molecular formula is C25H20N2O. The zero-order chi connectivity index (χ0) is 18.8. The van der Waals surface area contributed by atoms with Gasteiger partial charge < -0.3 is 4.74 Å². The lowest BCUT2D eigenvalue weighted by Crippen LogP contribution is -2.10. The van der Waals surface area contributed by atoms with Gasteiger partial charge in [0.1, 0.15) is 18.0 Å². The summed E-state index contributed by atoms with van der Waals surface area (Å²) in [5.41, 5.74) is 9.59. The first-order chi connectivity index (χ1) is 13.7. The van der Waals surface area contributed by atoms with Crippen molar-refractivity contribution in [1.29, 1.82) is 0 Å². The lowest BCUT2D eigenvalue weighted by Gasteiger charge is -2.20. The lowest BCUT2D eigenvalue weighted by molar-refractivity contribution is 0.0814. The topological polar surface area (TPSA) is 27.1 Å². The molecule has 0 aliphatic carbocycles. The minimum Gasteiger partial charge on any atom is -0.353 e. The largest absolute Gasteiger partial charge is 0.353 e. The zero-order valence-corrected chi connectivity index (χ0v) is 15.9. The van der Waals surface area contributed by atoms with Crippen molar-refractivity contribution >= 4 is 0 Å². The number of nitrogens with zero attached hydrogens (tertiary/aromatic N) is 2. The van der Waals surface area contributed by atoms with E-state index in [-0.39, 0.29) is 12.2 Å². The van der Waals surface area contributed by atoms with Gasteiger partial charge in [-0.2, -0.15) is 0 Å². The molecule has 0 saturated heterocycles. The van der Waals surface area contributed by atoms with Gasteiger partial charge in [-0.05, 0) is 36.1 Å². The van der Waals surface area contributed by atoms with E-state index in [9.17, 15) is 0 Å². The van der Waals surface area contributed by atoms with Crippen molar-refractivity contribution < 1.29 is 4.74 Å². The Morgan fingerprint density at radius 2 is 1.39 bits per heavy atom. The molecule has 136 valence electrons. The first-order valence-electron chi connectivity index (χ1n) is 9.73. The SMILES string of the molecule is Cc1cccc(C)c1-n1c(-c2ccccc2)nc2c1C1OC2c2ccccc21. The molecule has 0 amide bonds. The van der Waals surface area contributed by atoms with Crippen molar-refractivity contribution in [1.82, 2.24) is 9.55 Å². The number of hydrogen-bond donors (Lipinski definition) is 0. The lowest BCUT2D eigenvalue weighted by atomic mass is 9.92. The molecule has 2 aliphatic rings. The van der Waals surface area contributed by atoms with Gasteiger partial charge >= 0.3 is 0 Å². The van der Waals surface area contributed by atoms with Crippen molar-refractivity contribution in [2.24, 2.45) is 0 Å². The van der Waals surface area contributed by atoms with Gasteiger partial charge in [0.2, 0.25) is 0 Å². The summed E-state index contributed by atoms with van der Waals surface area (Å²) in [5.74, 6) is 0.995. The second-order valence-electron chi connectivity index (χ2n) is 7.67. The Morgan fingerprint density at radius 1 is 0.750 bits per heavy atom. The molecule has 6 rings (SSSR count). The summed E-state index contributed by atoms with van der Waals surface area (Å²) in [6.45, 7) is 4.34. The normalized spacial score (nSPS) is 18.9. The summed E-state index contributed by atoms with van der Waals surface area (Å²) in [5, 5.41) is 0. The van der Waals surface area contributed by atoms with Crippen LogP contribution in [0.15, 0.2) is 72.8 Å². The maximum atomic E-state index is 6.40. The summed E-state index contributed by atoms with van der Waals surface area (Å²) >= 11 is 0. The number of aromatic nitrogens is 2. The predicted octanol–water partition coefficient (Wildman–Crippen LogP) is 5.68. The second kappa shape index (κ2) is 5.66. The Morgan fingerprint density at radius 3 is 2.11 bits per heavy atom. The second-order valence-corrected chi connectivity index (χ2v) is 7.67. The van der Waals surface area contributed by atoms with E-state index in [2.05, 4.69) is 85.1 Å². The number of ether oxygens (including phenoxy) is 1. The molecule has 2 unspecified atom stereocenters. The average Bonchev–Trinajstić information content (AvgIpc) is 3.38. The number of hydrogen-bond acceptors (Lipinski definition) is 2. The molecule has 0 spiro atoms. The standard InChI is InChI=1S/C25H20N2O/c1-15-9-8-10-16(2)21(15)27-22-20(26-25(27)17-11-4-3-5-12-17)23-18-13-6-7-14-19(18)24(22)28-23/h3-14,23-24H,1-2H3. The van der Waals surface area contributed by atoms with Crippen LogP contribution in [0.2, 0.25) is 0 Å². The number of rotatable bonds is 2. The van der Waals surface area contributed by atoms with Crippen molar-refractivity contribution in [2.75, 3.05) is 0 Å². The molecule has 1 aromatic heterocycles. The number of fused-ring (bicyclic) bond motifs is 8. The van der Waals surface area contributed by atoms with Crippen LogP contribution in [0.1, 0.15) is 45.8 Å². The van der Waals surface area contributed by atoms with E-state index in [1.54, 1.807) is 0 Å². The number of aryl methyl sites for hydroxylation is 2. The van der Waals surface area contributed by atoms with Crippen molar-refractivity contribution in [3.8, 4) is 17.1 Å². The highest BCUT2D eigenvalue weighted by molar-refractivity contribution is 5.66. The van der Waals surface area contributed by atoms with Gasteiger partial charge in [-0.3, -0.25) is 4.57 Å². The van der Waals surface area contributed by atoms with Crippen LogP contribution < -0.4 is 0 Å². The maximum absolute atomic E-state index is 6.40. The van der Waals surface area contributed by atoms with Crippen LogP contribution in [0.5, 0.6) is 0 Å². The molecule has 0 radical (unpaired) electrons. The predicted molar refractivity (Wildman–Crippen MR) is 110 cm³/mol. The third kappa shape index (κ3) is 2.00. The Hall–Kier alpha value is -3.17. The highest BCUT2D eigenvalue weighted by Crippen LogP contribution is 2.55. The average molecular weight is 364 g/mol. The third-order valence-electron chi connectivity index (χ3n) is 5.97. The molecule has 2 atom stereocenters. The molecule has 4 aromatic rings. The molecule has 0 N–H and O–H groups in total. The Bertz CT molecular complexity index is 1200. The first-order valence-corrected chi connectivity index (χ1v) is 9.73. The van der Waals surface area contributed by atoms with Gasteiger partial charge in [-0.15, -0.1) is 0 Å². The molecule has 0 fully saturated rings. The minimum absolute atomic E-state index is 0.0554. The molecule has 3 aromatic carbocycles. The van der Waals surface area contributed by atoms with Crippen molar-refractivity contribution in [3.05, 3.63) is 106 Å². The number of para-hydroxylation sites is 1. The summed E-state index contributed by atoms with van der Waals surface area (Å²) in [4.78, 5) is 5.14. The van der Waals surface area contributed by atoms with E-state index in [0.717, 1.165) is 17.1 Å². The molecule has 3 heteroatoms. The molecule has 3 nitrogen and oxygen atoms in total. The third-order valence-corrected chi connectivity index (χ3v) is 5.97. The monoisotopic (exact) mass is 364 g/mol. The van der Waals surface area contributed by atoms with Crippen molar-refractivity contribution in [2.45, 2.75) is 26.1 Å². The van der Waals surface area contributed by atoms with E-state index in [1.807, 2.05) is 6.07 Å². The van der Waals surface area contributed by atoms with E-state index >= 15 is 0 Å².